The Morgan fingerprint density at radius 3 is 2.74 bits per heavy atom. The van der Waals surface area contributed by atoms with Crippen LogP contribution in [0.15, 0.2) is 30.3 Å². The third kappa shape index (κ3) is 3.09. The Bertz CT molecular complexity index is 424. The van der Waals surface area contributed by atoms with Crippen LogP contribution < -0.4 is 0 Å². The van der Waals surface area contributed by atoms with Crippen molar-refractivity contribution >= 4 is 5.97 Å². The molecule has 104 valence electrons. The molecule has 1 aromatic rings. The van der Waals surface area contributed by atoms with E-state index in [9.17, 15) is 14.3 Å². The van der Waals surface area contributed by atoms with Gasteiger partial charge in [0.25, 0.3) is 0 Å². The average Bonchev–Trinajstić information content (AvgIpc) is 2.68. The zero-order valence-corrected chi connectivity index (χ0v) is 10.4. The highest BCUT2D eigenvalue weighted by molar-refractivity contribution is 5.89. The van der Waals surface area contributed by atoms with Gasteiger partial charge in [-0.3, -0.25) is 0 Å². The van der Waals surface area contributed by atoms with Gasteiger partial charge in [0.2, 0.25) is 0 Å². The second kappa shape index (κ2) is 6.10. The molecule has 1 N–H and O–H groups in total. The number of alkyl halides is 1. The first-order valence-electron chi connectivity index (χ1n) is 5.86. The van der Waals surface area contributed by atoms with Gasteiger partial charge in [0, 0.05) is 7.11 Å². The van der Waals surface area contributed by atoms with Crippen LogP contribution in [0.1, 0.15) is 10.4 Å². The molecule has 19 heavy (non-hydrogen) atoms. The molecule has 1 fully saturated rings. The van der Waals surface area contributed by atoms with Crippen LogP contribution in [0.3, 0.4) is 0 Å². The first-order valence-corrected chi connectivity index (χ1v) is 5.86. The van der Waals surface area contributed by atoms with Crippen LogP contribution in [0, 0.1) is 0 Å². The Morgan fingerprint density at radius 1 is 1.42 bits per heavy atom. The molecule has 0 amide bonds. The number of carbonyl (C=O) groups is 1. The second-order valence-corrected chi connectivity index (χ2v) is 4.20. The number of hydrogen-bond acceptors (Lipinski definition) is 5. The number of methoxy groups -OCH3 is 1. The smallest absolute Gasteiger partial charge is 0.338 e. The zero-order chi connectivity index (χ0) is 13.8. The van der Waals surface area contributed by atoms with Gasteiger partial charge in [0.15, 0.2) is 18.6 Å². The van der Waals surface area contributed by atoms with E-state index in [4.69, 9.17) is 14.2 Å². The maximum Gasteiger partial charge on any atom is 0.338 e. The predicted octanol–water partition coefficient (Wildman–Crippen LogP) is 0.914. The van der Waals surface area contributed by atoms with E-state index in [2.05, 4.69) is 0 Å². The van der Waals surface area contributed by atoms with E-state index in [1.165, 1.54) is 7.11 Å². The minimum absolute atomic E-state index is 0.0320. The van der Waals surface area contributed by atoms with E-state index >= 15 is 0 Å². The summed E-state index contributed by atoms with van der Waals surface area (Å²) in [4.78, 5) is 11.8. The number of esters is 1. The lowest BCUT2D eigenvalue weighted by Gasteiger charge is -2.18. The summed E-state index contributed by atoms with van der Waals surface area (Å²) in [6.45, 7) is 0.0320. The minimum atomic E-state index is -1.78. The largest absolute Gasteiger partial charge is 0.453 e. The Balaban J connectivity index is 2.06. The molecule has 0 bridgehead atoms. The van der Waals surface area contributed by atoms with E-state index in [1.54, 1.807) is 30.3 Å². The molecular weight excluding hydrogens is 255 g/mol. The maximum absolute atomic E-state index is 13.7. The second-order valence-electron chi connectivity index (χ2n) is 4.20. The molecule has 6 heteroatoms. The molecule has 1 aliphatic rings. The molecule has 0 aliphatic carbocycles. The Hall–Kier alpha value is -1.50. The molecule has 2 rings (SSSR count). The van der Waals surface area contributed by atoms with Crippen molar-refractivity contribution in [3.05, 3.63) is 35.9 Å². The molecule has 0 saturated carbocycles. The van der Waals surface area contributed by atoms with Crippen molar-refractivity contribution in [1.82, 2.24) is 0 Å². The molecule has 0 aromatic heterocycles. The van der Waals surface area contributed by atoms with Crippen molar-refractivity contribution in [3.63, 3.8) is 0 Å². The Kier molecular flexibility index (Phi) is 4.47. The van der Waals surface area contributed by atoms with Gasteiger partial charge in [-0.05, 0) is 12.1 Å². The Labute approximate surface area is 109 Å². The number of aliphatic hydroxyl groups is 1. The predicted molar refractivity (Wildman–Crippen MR) is 63.3 cm³/mol. The highest BCUT2D eigenvalue weighted by atomic mass is 19.1. The first kappa shape index (κ1) is 13.9. The summed E-state index contributed by atoms with van der Waals surface area (Å²) in [5.41, 5.74) is 0.312. The SMILES string of the molecule is COC[C@H]1O[C@@H](O)[C@@H](F)C1OC(=O)c1ccccc1. The summed E-state index contributed by atoms with van der Waals surface area (Å²) >= 11 is 0. The number of ether oxygens (including phenoxy) is 3. The summed E-state index contributed by atoms with van der Waals surface area (Å²) in [7, 11) is 1.41. The van der Waals surface area contributed by atoms with Crippen molar-refractivity contribution in [1.29, 1.82) is 0 Å². The molecule has 4 atom stereocenters. The van der Waals surface area contributed by atoms with Crippen molar-refractivity contribution in [2.75, 3.05) is 13.7 Å². The van der Waals surface area contributed by atoms with Crippen molar-refractivity contribution < 1.29 is 28.5 Å². The molecule has 0 radical (unpaired) electrons. The number of aliphatic hydroxyl groups excluding tert-OH is 1. The monoisotopic (exact) mass is 270 g/mol. The van der Waals surface area contributed by atoms with Crippen LogP contribution in [0.4, 0.5) is 4.39 Å². The number of carbonyl (C=O) groups excluding carboxylic acids is 1. The van der Waals surface area contributed by atoms with Crippen molar-refractivity contribution in [3.8, 4) is 0 Å². The lowest BCUT2D eigenvalue weighted by Crippen LogP contribution is -2.36. The molecule has 1 unspecified atom stereocenters. The van der Waals surface area contributed by atoms with Gasteiger partial charge in [-0.2, -0.15) is 0 Å². The maximum atomic E-state index is 13.7. The summed E-state index contributed by atoms with van der Waals surface area (Å²) in [5.74, 6) is -0.660. The zero-order valence-electron chi connectivity index (χ0n) is 10.4. The van der Waals surface area contributed by atoms with Crippen LogP contribution >= 0.6 is 0 Å². The van der Waals surface area contributed by atoms with Crippen LogP contribution in [-0.4, -0.2) is 49.5 Å². The number of benzene rings is 1. The van der Waals surface area contributed by atoms with Crippen LogP contribution in [0.5, 0.6) is 0 Å². The third-order valence-corrected chi connectivity index (χ3v) is 2.85. The van der Waals surface area contributed by atoms with Gasteiger partial charge in [-0.25, -0.2) is 9.18 Å². The standard InChI is InChI=1S/C13H15FO5/c1-17-7-9-11(10(14)13(16)18-9)19-12(15)8-5-3-2-4-6-8/h2-6,9-11,13,16H,7H2,1H3/t9-,10+,11?,13-/m1/s1. The molecule has 1 aromatic carbocycles. The van der Waals surface area contributed by atoms with Crippen LogP contribution in [0.25, 0.3) is 0 Å². The van der Waals surface area contributed by atoms with Crippen LogP contribution in [0.2, 0.25) is 0 Å². The van der Waals surface area contributed by atoms with Crippen molar-refractivity contribution in [2.45, 2.75) is 24.7 Å². The normalized spacial score (nSPS) is 30.3. The van der Waals surface area contributed by atoms with Gasteiger partial charge in [0.05, 0.1) is 12.2 Å². The van der Waals surface area contributed by atoms with Gasteiger partial charge < -0.3 is 19.3 Å². The van der Waals surface area contributed by atoms with Crippen molar-refractivity contribution in [2.24, 2.45) is 0 Å². The number of hydrogen-bond donors (Lipinski definition) is 1. The molecule has 1 heterocycles. The average molecular weight is 270 g/mol. The first-order chi connectivity index (χ1) is 9.13. The van der Waals surface area contributed by atoms with E-state index < -0.39 is 30.6 Å². The van der Waals surface area contributed by atoms with Gasteiger partial charge >= 0.3 is 5.97 Å². The van der Waals surface area contributed by atoms with E-state index in [1.807, 2.05) is 0 Å². The lowest BCUT2D eigenvalue weighted by molar-refractivity contribution is -0.123. The summed E-state index contributed by atoms with van der Waals surface area (Å²) in [6, 6.07) is 8.23. The summed E-state index contributed by atoms with van der Waals surface area (Å²) < 4.78 is 28.6. The van der Waals surface area contributed by atoms with Crippen LogP contribution in [-0.2, 0) is 14.2 Å². The fourth-order valence-corrected chi connectivity index (χ4v) is 1.90. The molecular formula is C13H15FO5. The summed E-state index contributed by atoms with van der Waals surface area (Å²) in [6.07, 6.45) is -5.38. The number of rotatable bonds is 4. The highest BCUT2D eigenvalue weighted by Crippen LogP contribution is 2.26. The molecule has 0 spiro atoms. The Morgan fingerprint density at radius 2 is 2.11 bits per heavy atom. The van der Waals surface area contributed by atoms with E-state index in [0.717, 1.165) is 0 Å². The molecule has 5 nitrogen and oxygen atoms in total. The van der Waals surface area contributed by atoms with Gasteiger partial charge in [0.1, 0.15) is 6.10 Å². The van der Waals surface area contributed by atoms with Gasteiger partial charge in [-0.15, -0.1) is 0 Å². The highest BCUT2D eigenvalue weighted by Gasteiger charge is 2.47. The number of halogens is 1. The topological polar surface area (TPSA) is 65.0 Å². The minimum Gasteiger partial charge on any atom is -0.453 e. The van der Waals surface area contributed by atoms with Gasteiger partial charge in [-0.1, -0.05) is 18.2 Å². The summed E-state index contributed by atoms with van der Waals surface area (Å²) in [5, 5.41) is 9.30. The fourth-order valence-electron chi connectivity index (χ4n) is 1.90. The van der Waals surface area contributed by atoms with E-state index in [-0.39, 0.29) is 6.61 Å². The molecule has 1 aliphatic heterocycles. The third-order valence-electron chi connectivity index (χ3n) is 2.85. The quantitative estimate of drug-likeness (QED) is 0.824. The fraction of sp³-hybridized carbons (Fsp3) is 0.462. The van der Waals surface area contributed by atoms with E-state index in [0.29, 0.717) is 5.56 Å². The lowest BCUT2D eigenvalue weighted by atomic mass is 10.1. The molecule has 1 saturated heterocycles.